The minimum Gasteiger partial charge on any atom is -0.496 e. The summed E-state index contributed by atoms with van der Waals surface area (Å²) in [5.41, 5.74) is 1.97. The molecule has 4 rings (SSSR count). The third-order valence-corrected chi connectivity index (χ3v) is 6.23. The van der Waals surface area contributed by atoms with Crippen LogP contribution >= 0.6 is 22.9 Å². The molecule has 1 aliphatic rings. The van der Waals surface area contributed by atoms with Crippen molar-refractivity contribution in [2.75, 3.05) is 14.2 Å². The number of allylic oxidation sites excluding steroid dienone is 1. The number of rotatable bonds is 4. The first-order chi connectivity index (χ1) is 14.9. The van der Waals surface area contributed by atoms with Crippen molar-refractivity contribution in [2.45, 2.75) is 13.0 Å². The van der Waals surface area contributed by atoms with Crippen LogP contribution in [0.3, 0.4) is 0 Å². The lowest BCUT2D eigenvalue weighted by molar-refractivity contribution is -0.136. The molecule has 0 bridgehead atoms. The number of aromatic nitrogens is 1. The number of hydrogen-bond acceptors (Lipinski definition) is 6. The third kappa shape index (κ3) is 3.82. The van der Waals surface area contributed by atoms with E-state index in [4.69, 9.17) is 21.1 Å². The monoisotopic (exact) mass is 454 g/mol. The summed E-state index contributed by atoms with van der Waals surface area (Å²) in [5.74, 6) is -0.0613. The highest BCUT2D eigenvalue weighted by Crippen LogP contribution is 2.37. The van der Waals surface area contributed by atoms with E-state index in [1.807, 2.05) is 36.4 Å². The van der Waals surface area contributed by atoms with Crippen LogP contribution in [0.4, 0.5) is 0 Å². The van der Waals surface area contributed by atoms with Gasteiger partial charge in [0.15, 0.2) is 4.80 Å². The number of thiazole rings is 1. The number of benzene rings is 2. The van der Waals surface area contributed by atoms with E-state index in [1.54, 1.807) is 25.1 Å². The summed E-state index contributed by atoms with van der Waals surface area (Å²) in [6.07, 6.45) is 1.81. The zero-order valence-corrected chi connectivity index (χ0v) is 18.7. The maximum atomic E-state index is 13.5. The lowest BCUT2D eigenvalue weighted by atomic mass is 9.95. The normalized spacial score (nSPS) is 16.0. The van der Waals surface area contributed by atoms with Gasteiger partial charge >= 0.3 is 5.97 Å². The summed E-state index contributed by atoms with van der Waals surface area (Å²) in [6.45, 7) is 1.73. The number of ether oxygens (including phenoxy) is 2. The van der Waals surface area contributed by atoms with Gasteiger partial charge < -0.3 is 9.47 Å². The van der Waals surface area contributed by atoms with Crippen LogP contribution in [-0.4, -0.2) is 24.8 Å². The van der Waals surface area contributed by atoms with Crippen molar-refractivity contribution >= 4 is 35.0 Å². The maximum Gasteiger partial charge on any atom is 0.338 e. The first-order valence-electron chi connectivity index (χ1n) is 9.44. The van der Waals surface area contributed by atoms with Gasteiger partial charge in [0.2, 0.25) is 0 Å². The smallest absolute Gasteiger partial charge is 0.338 e. The molecule has 0 unspecified atom stereocenters. The molecule has 0 amide bonds. The molecular weight excluding hydrogens is 436 g/mol. The van der Waals surface area contributed by atoms with E-state index < -0.39 is 12.0 Å². The topological polar surface area (TPSA) is 69.9 Å². The summed E-state index contributed by atoms with van der Waals surface area (Å²) in [7, 11) is 2.83. The van der Waals surface area contributed by atoms with E-state index in [1.165, 1.54) is 30.1 Å². The molecular formula is C23H19ClN2O4S. The van der Waals surface area contributed by atoms with Crippen molar-refractivity contribution < 1.29 is 14.3 Å². The molecule has 0 saturated heterocycles. The Morgan fingerprint density at radius 3 is 2.61 bits per heavy atom. The molecule has 1 aromatic heterocycles. The molecule has 8 heteroatoms. The van der Waals surface area contributed by atoms with Crippen molar-refractivity contribution in [1.29, 1.82) is 0 Å². The molecule has 0 aliphatic carbocycles. The fourth-order valence-corrected chi connectivity index (χ4v) is 4.83. The van der Waals surface area contributed by atoms with Crippen molar-refractivity contribution in [3.05, 3.63) is 95.6 Å². The Bertz CT molecular complexity index is 1370. The molecule has 0 saturated carbocycles. The van der Waals surface area contributed by atoms with Crippen LogP contribution in [0.25, 0.3) is 6.08 Å². The lowest BCUT2D eigenvalue weighted by Gasteiger charge is -2.25. The number of nitrogens with zero attached hydrogens (tertiary/aromatic N) is 2. The van der Waals surface area contributed by atoms with E-state index in [2.05, 4.69) is 4.99 Å². The van der Waals surface area contributed by atoms with Gasteiger partial charge in [-0.2, -0.15) is 0 Å². The fraction of sp³-hybridized carbons (Fsp3) is 0.174. The van der Waals surface area contributed by atoms with Gasteiger partial charge in [-0.05, 0) is 36.8 Å². The van der Waals surface area contributed by atoms with Gasteiger partial charge in [0.25, 0.3) is 5.56 Å². The van der Waals surface area contributed by atoms with E-state index >= 15 is 0 Å². The average Bonchev–Trinajstić information content (AvgIpc) is 3.07. The van der Waals surface area contributed by atoms with Crippen molar-refractivity contribution in [2.24, 2.45) is 4.99 Å². The minimum absolute atomic E-state index is 0.256. The molecule has 31 heavy (non-hydrogen) atoms. The van der Waals surface area contributed by atoms with Gasteiger partial charge in [-0.3, -0.25) is 9.36 Å². The van der Waals surface area contributed by atoms with Crippen LogP contribution < -0.4 is 19.6 Å². The quantitative estimate of drug-likeness (QED) is 0.568. The molecule has 0 radical (unpaired) electrons. The molecule has 1 atom stereocenters. The SMILES string of the molecule is COC(=O)C1=C(C)N=c2s/c(=C\c3ccccc3)c(=O)n2[C@@H]1c1cc(Cl)ccc1OC. The van der Waals surface area contributed by atoms with Crippen molar-refractivity contribution in [3.63, 3.8) is 0 Å². The number of hydrogen-bond donors (Lipinski definition) is 0. The van der Waals surface area contributed by atoms with E-state index in [9.17, 15) is 9.59 Å². The average molecular weight is 455 g/mol. The highest BCUT2D eigenvalue weighted by molar-refractivity contribution is 7.07. The fourth-order valence-electron chi connectivity index (χ4n) is 3.61. The summed E-state index contributed by atoms with van der Waals surface area (Å²) in [6, 6.07) is 13.9. The molecule has 3 aromatic rings. The zero-order chi connectivity index (χ0) is 22.1. The van der Waals surface area contributed by atoms with Crippen LogP contribution in [0, 0.1) is 0 Å². The Kier molecular flexibility index (Phi) is 5.80. The Hall–Kier alpha value is -3.16. The van der Waals surface area contributed by atoms with Gasteiger partial charge in [-0.1, -0.05) is 53.3 Å². The first kappa shape index (κ1) is 21.1. The van der Waals surface area contributed by atoms with Gasteiger partial charge in [0.1, 0.15) is 11.8 Å². The number of esters is 1. The van der Waals surface area contributed by atoms with Crippen LogP contribution in [-0.2, 0) is 9.53 Å². The predicted octanol–water partition coefficient (Wildman–Crippen LogP) is 3.07. The largest absolute Gasteiger partial charge is 0.496 e. The van der Waals surface area contributed by atoms with E-state index in [0.29, 0.717) is 31.4 Å². The summed E-state index contributed by atoms with van der Waals surface area (Å²) < 4.78 is 12.6. The number of halogens is 1. The molecule has 2 heterocycles. The molecule has 1 aliphatic heterocycles. The van der Waals surface area contributed by atoms with Gasteiger partial charge in [-0.15, -0.1) is 0 Å². The Balaban J connectivity index is 2.04. The van der Waals surface area contributed by atoms with Gasteiger partial charge in [0.05, 0.1) is 30.0 Å². The Morgan fingerprint density at radius 1 is 1.19 bits per heavy atom. The second kappa shape index (κ2) is 8.53. The van der Waals surface area contributed by atoms with E-state index in [0.717, 1.165) is 5.56 Å². The number of carbonyl (C=O) groups is 1. The number of carbonyl (C=O) groups excluding carboxylic acids is 1. The highest BCUT2D eigenvalue weighted by Gasteiger charge is 2.35. The van der Waals surface area contributed by atoms with Crippen molar-refractivity contribution in [3.8, 4) is 5.75 Å². The standard InChI is InChI=1S/C23H19ClN2O4S/c1-13-19(22(28)30-3)20(16-12-15(24)9-10-17(16)29-2)26-21(27)18(31-23(26)25-13)11-14-7-5-4-6-8-14/h4-12,20H,1-3H3/b18-11-/t20-/m1/s1. The Morgan fingerprint density at radius 2 is 1.94 bits per heavy atom. The third-order valence-electron chi connectivity index (χ3n) is 5.01. The van der Waals surface area contributed by atoms with Gasteiger partial charge in [0, 0.05) is 10.6 Å². The molecule has 0 N–H and O–H groups in total. The molecule has 0 fully saturated rings. The second-order valence-corrected chi connectivity index (χ2v) is 8.32. The lowest BCUT2D eigenvalue weighted by Crippen LogP contribution is -2.40. The Labute approximate surface area is 187 Å². The summed E-state index contributed by atoms with van der Waals surface area (Å²) in [5, 5.41) is 0.459. The molecule has 0 spiro atoms. The zero-order valence-electron chi connectivity index (χ0n) is 17.1. The number of methoxy groups -OCH3 is 2. The first-order valence-corrected chi connectivity index (χ1v) is 10.6. The molecule has 158 valence electrons. The minimum atomic E-state index is -0.782. The molecule has 2 aromatic carbocycles. The number of fused-ring (bicyclic) bond motifs is 1. The second-order valence-electron chi connectivity index (χ2n) is 6.87. The van der Waals surface area contributed by atoms with Crippen LogP contribution in [0.2, 0.25) is 5.02 Å². The molecule has 6 nitrogen and oxygen atoms in total. The summed E-state index contributed by atoms with van der Waals surface area (Å²) in [4.78, 5) is 31.2. The van der Waals surface area contributed by atoms with Crippen LogP contribution in [0.1, 0.15) is 24.1 Å². The maximum absolute atomic E-state index is 13.5. The summed E-state index contributed by atoms with van der Waals surface area (Å²) >= 11 is 7.53. The van der Waals surface area contributed by atoms with E-state index in [-0.39, 0.29) is 11.1 Å². The van der Waals surface area contributed by atoms with Crippen LogP contribution in [0.15, 0.2) is 69.6 Å². The predicted molar refractivity (Wildman–Crippen MR) is 120 cm³/mol. The van der Waals surface area contributed by atoms with Gasteiger partial charge in [-0.25, -0.2) is 9.79 Å². The highest BCUT2D eigenvalue weighted by atomic mass is 35.5. The van der Waals surface area contributed by atoms with Crippen molar-refractivity contribution in [1.82, 2.24) is 4.57 Å². The van der Waals surface area contributed by atoms with Crippen LogP contribution in [0.5, 0.6) is 5.75 Å².